The third kappa shape index (κ3) is 6.48. The van der Waals surface area contributed by atoms with Gasteiger partial charge >= 0.3 is 0 Å². The van der Waals surface area contributed by atoms with Crippen molar-refractivity contribution in [3.8, 4) is 17.6 Å². The first-order chi connectivity index (χ1) is 21.9. The van der Waals surface area contributed by atoms with Crippen molar-refractivity contribution in [3.63, 3.8) is 0 Å². The van der Waals surface area contributed by atoms with Crippen LogP contribution in [0.1, 0.15) is 77.4 Å². The van der Waals surface area contributed by atoms with Gasteiger partial charge in [0.15, 0.2) is 11.5 Å². The maximum Gasteiger partial charge on any atom is 0.271 e. The van der Waals surface area contributed by atoms with Crippen molar-refractivity contribution < 1.29 is 14.3 Å². The van der Waals surface area contributed by atoms with E-state index in [0.29, 0.717) is 61.2 Å². The van der Waals surface area contributed by atoms with Crippen molar-refractivity contribution in [2.75, 3.05) is 44.2 Å². The predicted octanol–water partition coefficient (Wildman–Crippen LogP) is 3.97. The van der Waals surface area contributed by atoms with Crippen molar-refractivity contribution in [1.29, 1.82) is 0 Å². The van der Waals surface area contributed by atoms with Gasteiger partial charge in [0, 0.05) is 62.4 Å². The Hall–Kier alpha value is -4.52. The lowest BCUT2D eigenvalue weighted by Gasteiger charge is -2.56. The van der Waals surface area contributed by atoms with Crippen LogP contribution < -0.4 is 15.0 Å². The van der Waals surface area contributed by atoms with E-state index in [-0.39, 0.29) is 17.2 Å². The Labute approximate surface area is 264 Å². The van der Waals surface area contributed by atoms with Gasteiger partial charge in [0.2, 0.25) is 0 Å². The van der Waals surface area contributed by atoms with Crippen LogP contribution in [0.3, 0.4) is 0 Å². The van der Waals surface area contributed by atoms with Crippen LogP contribution in [0, 0.1) is 35.0 Å². The minimum absolute atomic E-state index is 0.0806. The Morgan fingerprint density at radius 3 is 2.20 bits per heavy atom. The fourth-order valence-electron chi connectivity index (χ4n) is 8.30. The molecule has 4 bridgehead atoms. The molecule has 0 aromatic carbocycles. The van der Waals surface area contributed by atoms with Gasteiger partial charge in [0.05, 0.1) is 18.4 Å². The van der Waals surface area contributed by atoms with Crippen molar-refractivity contribution >= 4 is 17.6 Å². The number of hydrogen-bond acceptors (Lipinski definition) is 8. The smallest absolute Gasteiger partial charge is 0.271 e. The Bertz CT molecular complexity index is 1590. The van der Waals surface area contributed by atoms with Crippen LogP contribution in [-0.2, 0) is 0 Å². The van der Waals surface area contributed by atoms with Crippen LogP contribution in [0.2, 0.25) is 0 Å². The highest BCUT2D eigenvalue weighted by molar-refractivity contribution is 5.94. The summed E-state index contributed by atoms with van der Waals surface area (Å²) in [6, 6.07) is 7.22. The molecule has 45 heavy (non-hydrogen) atoms. The van der Waals surface area contributed by atoms with Crippen LogP contribution in [-0.4, -0.2) is 76.2 Å². The van der Waals surface area contributed by atoms with Gasteiger partial charge in [-0.3, -0.25) is 19.6 Å². The van der Waals surface area contributed by atoms with E-state index in [0.717, 1.165) is 29.9 Å². The number of anilines is 1. The summed E-state index contributed by atoms with van der Waals surface area (Å²) < 4.78 is 5.49. The van der Waals surface area contributed by atoms with E-state index < -0.39 is 0 Å². The SMILES string of the molecule is CCOc1cncc(C#Cc2cncc(C(=O)N3CCN(c4ccc(C(=O)NCC56CC7CC(CC(C7)C5)C6)nn4)CC3)c2)c1. The average Bonchev–Trinajstić information content (AvgIpc) is 3.06. The Morgan fingerprint density at radius 1 is 0.889 bits per heavy atom. The number of aromatic nitrogens is 4. The molecule has 1 saturated heterocycles. The van der Waals surface area contributed by atoms with Gasteiger partial charge in [-0.05, 0) is 92.9 Å². The number of ether oxygens (including phenoxy) is 1. The summed E-state index contributed by atoms with van der Waals surface area (Å²) in [6.07, 6.45) is 14.5. The maximum absolute atomic E-state index is 13.3. The van der Waals surface area contributed by atoms with Crippen molar-refractivity contribution in [2.24, 2.45) is 23.2 Å². The molecule has 4 heterocycles. The van der Waals surface area contributed by atoms with Crippen molar-refractivity contribution in [3.05, 3.63) is 71.4 Å². The second-order valence-electron chi connectivity index (χ2n) is 13.2. The van der Waals surface area contributed by atoms with E-state index in [2.05, 4.69) is 42.2 Å². The predicted molar refractivity (Wildman–Crippen MR) is 169 cm³/mol. The molecule has 0 spiro atoms. The molecule has 2 amide bonds. The molecule has 10 heteroatoms. The molecule has 5 fully saturated rings. The first-order valence-corrected chi connectivity index (χ1v) is 16.2. The molecular weight excluding hydrogens is 566 g/mol. The fraction of sp³-hybridized carbons (Fsp3) is 0.486. The zero-order valence-corrected chi connectivity index (χ0v) is 25.7. The Kier molecular flexibility index (Phi) is 8.09. The van der Waals surface area contributed by atoms with Crippen molar-refractivity contribution in [1.82, 2.24) is 30.4 Å². The second kappa shape index (κ2) is 12.5. The average molecular weight is 606 g/mol. The maximum atomic E-state index is 13.3. The monoisotopic (exact) mass is 605 g/mol. The lowest BCUT2D eigenvalue weighted by molar-refractivity contribution is -0.0503. The van der Waals surface area contributed by atoms with Gasteiger partial charge in [-0.15, -0.1) is 10.2 Å². The molecule has 0 unspecified atom stereocenters. The summed E-state index contributed by atoms with van der Waals surface area (Å²) in [5.41, 5.74) is 2.52. The van der Waals surface area contributed by atoms with Gasteiger partial charge < -0.3 is 19.9 Å². The molecule has 1 N–H and O–H groups in total. The Morgan fingerprint density at radius 2 is 1.56 bits per heavy atom. The van der Waals surface area contributed by atoms with Gasteiger partial charge in [0.1, 0.15) is 5.75 Å². The number of amides is 2. The Balaban J connectivity index is 0.913. The zero-order chi connectivity index (χ0) is 30.8. The lowest BCUT2D eigenvalue weighted by Crippen LogP contribution is -2.51. The second-order valence-corrected chi connectivity index (χ2v) is 13.2. The van der Waals surface area contributed by atoms with E-state index in [4.69, 9.17) is 4.74 Å². The summed E-state index contributed by atoms with van der Waals surface area (Å²) in [7, 11) is 0. The third-order valence-corrected chi connectivity index (χ3v) is 9.92. The first kappa shape index (κ1) is 29.2. The summed E-state index contributed by atoms with van der Waals surface area (Å²) in [5, 5.41) is 11.8. The van der Waals surface area contributed by atoms with E-state index >= 15 is 0 Å². The van der Waals surface area contributed by atoms with Crippen LogP contribution in [0.15, 0.2) is 49.1 Å². The van der Waals surface area contributed by atoms with Gasteiger partial charge in [-0.2, -0.15) is 0 Å². The summed E-state index contributed by atoms with van der Waals surface area (Å²) in [5.74, 6) is 9.88. The number of carbonyl (C=O) groups excluding carboxylic acids is 2. The molecule has 3 aromatic heterocycles. The molecule has 5 aliphatic rings. The van der Waals surface area contributed by atoms with Crippen LogP contribution in [0.5, 0.6) is 5.75 Å². The van der Waals surface area contributed by atoms with Gasteiger partial charge in [0.25, 0.3) is 11.8 Å². The first-order valence-electron chi connectivity index (χ1n) is 16.2. The van der Waals surface area contributed by atoms with Crippen LogP contribution in [0.25, 0.3) is 0 Å². The number of carbonyl (C=O) groups is 2. The van der Waals surface area contributed by atoms with Gasteiger partial charge in [-0.25, -0.2) is 0 Å². The highest BCUT2D eigenvalue weighted by Crippen LogP contribution is 2.59. The molecule has 4 aliphatic carbocycles. The molecule has 8 rings (SSSR count). The molecular formula is C35H39N7O3. The number of hydrogen-bond donors (Lipinski definition) is 1. The minimum Gasteiger partial charge on any atom is -0.492 e. The molecule has 1 aliphatic heterocycles. The molecule has 232 valence electrons. The van der Waals surface area contributed by atoms with E-state index in [9.17, 15) is 9.59 Å². The van der Waals surface area contributed by atoms with Crippen molar-refractivity contribution in [2.45, 2.75) is 45.4 Å². The number of piperazine rings is 1. The number of nitrogens with zero attached hydrogens (tertiary/aromatic N) is 6. The van der Waals surface area contributed by atoms with E-state index in [1.54, 1.807) is 36.9 Å². The fourth-order valence-corrected chi connectivity index (χ4v) is 8.30. The molecule has 0 radical (unpaired) electrons. The summed E-state index contributed by atoms with van der Waals surface area (Å²) >= 11 is 0. The zero-order valence-electron chi connectivity index (χ0n) is 25.7. The van der Waals surface area contributed by atoms with E-state index in [1.807, 2.05) is 24.0 Å². The van der Waals surface area contributed by atoms with Gasteiger partial charge in [-0.1, -0.05) is 11.8 Å². The topological polar surface area (TPSA) is 113 Å². The molecule has 3 aromatic rings. The normalized spacial score (nSPS) is 25.0. The highest BCUT2D eigenvalue weighted by atomic mass is 16.5. The number of rotatable bonds is 7. The van der Waals surface area contributed by atoms with Crippen LogP contribution >= 0.6 is 0 Å². The lowest BCUT2D eigenvalue weighted by atomic mass is 9.49. The number of pyridine rings is 2. The largest absolute Gasteiger partial charge is 0.492 e. The number of nitrogens with one attached hydrogen (secondary N) is 1. The quantitative estimate of drug-likeness (QED) is 0.403. The summed E-state index contributed by atoms with van der Waals surface area (Å²) in [4.78, 5) is 38.6. The minimum atomic E-state index is -0.142. The molecule has 4 saturated carbocycles. The summed E-state index contributed by atoms with van der Waals surface area (Å²) in [6.45, 7) is 5.55. The molecule has 10 nitrogen and oxygen atoms in total. The molecule has 0 atom stereocenters. The standard InChI is InChI=1S/C35H39N7O3/c1-2-45-30-15-25(20-37-22-30)4-3-24-14-29(21-36-19-24)34(44)42-9-7-41(8-10-42)32-6-5-31(39-40-32)33(43)38-23-35-16-26-11-27(17-35)13-28(12-26)18-35/h5-6,14-15,19-22,26-28H,2,7-13,16-18,23H2,1H3,(H,38,43). The van der Waals surface area contributed by atoms with Crippen LogP contribution in [0.4, 0.5) is 5.82 Å². The third-order valence-electron chi connectivity index (χ3n) is 9.92. The van der Waals surface area contributed by atoms with E-state index in [1.165, 1.54) is 38.5 Å². The highest BCUT2D eigenvalue weighted by Gasteiger charge is 2.50.